The van der Waals surface area contributed by atoms with E-state index in [-0.39, 0.29) is 5.41 Å². The molecule has 0 saturated heterocycles. The molecule has 1 saturated carbocycles. The molecule has 2 rings (SSSR count). The maximum Gasteiger partial charge on any atom is 0.242 e. The summed E-state index contributed by atoms with van der Waals surface area (Å²) in [5.41, 5.74) is -0.329. The van der Waals surface area contributed by atoms with Gasteiger partial charge in [0.1, 0.15) is 5.75 Å². The van der Waals surface area contributed by atoms with E-state index in [1.165, 1.54) is 0 Å². The molecule has 0 bridgehead atoms. The molecule has 0 aromatic heterocycles. The Kier molecular flexibility index (Phi) is 2.63. The van der Waals surface area contributed by atoms with Crippen molar-refractivity contribution in [3.8, 4) is 5.75 Å². The van der Waals surface area contributed by atoms with Gasteiger partial charge in [0.2, 0.25) is 6.43 Å². The van der Waals surface area contributed by atoms with Gasteiger partial charge in [0.05, 0.1) is 6.61 Å². The van der Waals surface area contributed by atoms with Gasteiger partial charge in [-0.25, -0.2) is 8.78 Å². The van der Waals surface area contributed by atoms with Crippen molar-refractivity contribution in [2.24, 2.45) is 11.3 Å². The summed E-state index contributed by atoms with van der Waals surface area (Å²) in [5.74, 6) is 0.264. The average Bonchev–Trinajstić information content (AvgIpc) is 2.91. The molecule has 15 heavy (non-hydrogen) atoms. The van der Waals surface area contributed by atoms with Crippen LogP contribution in [0, 0.1) is 11.3 Å². The van der Waals surface area contributed by atoms with Crippen molar-refractivity contribution in [2.75, 3.05) is 6.61 Å². The summed E-state index contributed by atoms with van der Waals surface area (Å²) in [7, 11) is 0. The molecule has 0 spiro atoms. The van der Waals surface area contributed by atoms with Crippen LogP contribution in [-0.4, -0.2) is 13.0 Å². The SMILES string of the molecule is CC1(COc2ccccc2)CC1C(F)F. The van der Waals surface area contributed by atoms with Gasteiger partial charge in [-0.05, 0) is 18.6 Å². The fourth-order valence-electron chi connectivity index (χ4n) is 1.77. The normalized spacial score (nSPS) is 29.2. The fourth-order valence-corrected chi connectivity index (χ4v) is 1.77. The molecule has 2 unspecified atom stereocenters. The Bertz CT molecular complexity index is 326. The molecule has 0 radical (unpaired) electrons. The summed E-state index contributed by atoms with van der Waals surface area (Å²) in [6.07, 6.45) is -1.65. The van der Waals surface area contributed by atoms with Crippen LogP contribution in [0.4, 0.5) is 8.78 Å². The Morgan fingerprint density at radius 1 is 1.40 bits per heavy atom. The number of para-hydroxylation sites is 1. The van der Waals surface area contributed by atoms with Gasteiger partial charge in [-0.1, -0.05) is 25.1 Å². The molecule has 0 N–H and O–H groups in total. The Morgan fingerprint density at radius 2 is 2.07 bits per heavy atom. The molecular formula is C12H14F2O. The van der Waals surface area contributed by atoms with Gasteiger partial charge in [0, 0.05) is 11.3 Å². The maximum atomic E-state index is 12.4. The molecular weight excluding hydrogens is 198 g/mol. The van der Waals surface area contributed by atoms with Gasteiger partial charge in [0.25, 0.3) is 0 Å². The number of ether oxygens (including phenoxy) is 1. The molecule has 1 aromatic carbocycles. The highest BCUT2D eigenvalue weighted by Crippen LogP contribution is 2.55. The molecule has 3 heteroatoms. The Hall–Kier alpha value is -1.12. The average molecular weight is 212 g/mol. The van der Waals surface area contributed by atoms with E-state index in [1.807, 2.05) is 37.3 Å². The number of hydrogen-bond donors (Lipinski definition) is 0. The summed E-state index contributed by atoms with van der Waals surface area (Å²) in [5, 5.41) is 0. The number of alkyl halides is 2. The van der Waals surface area contributed by atoms with Crippen LogP contribution in [-0.2, 0) is 0 Å². The van der Waals surface area contributed by atoms with E-state index in [4.69, 9.17) is 4.74 Å². The van der Waals surface area contributed by atoms with Gasteiger partial charge < -0.3 is 4.74 Å². The lowest BCUT2D eigenvalue weighted by molar-refractivity contribution is 0.0935. The van der Waals surface area contributed by atoms with Crippen LogP contribution in [0.25, 0.3) is 0 Å². The van der Waals surface area contributed by atoms with Crippen LogP contribution in [0.3, 0.4) is 0 Å². The summed E-state index contributed by atoms with van der Waals surface area (Å²) in [4.78, 5) is 0. The number of benzene rings is 1. The molecule has 1 nitrogen and oxygen atoms in total. The van der Waals surface area contributed by atoms with Gasteiger partial charge in [-0.3, -0.25) is 0 Å². The zero-order valence-electron chi connectivity index (χ0n) is 8.62. The fraction of sp³-hybridized carbons (Fsp3) is 0.500. The molecule has 0 amide bonds. The van der Waals surface area contributed by atoms with Crippen LogP contribution in [0.2, 0.25) is 0 Å². The van der Waals surface area contributed by atoms with Crippen LogP contribution < -0.4 is 4.74 Å². The zero-order chi connectivity index (χ0) is 10.9. The lowest BCUT2D eigenvalue weighted by atomic mass is 10.1. The molecule has 1 aliphatic rings. The molecule has 1 aliphatic carbocycles. The van der Waals surface area contributed by atoms with E-state index in [9.17, 15) is 8.78 Å². The van der Waals surface area contributed by atoms with E-state index in [0.717, 1.165) is 5.75 Å². The molecule has 0 aliphatic heterocycles. The van der Waals surface area contributed by atoms with Gasteiger partial charge in [-0.15, -0.1) is 0 Å². The first-order chi connectivity index (χ1) is 7.12. The molecule has 1 fully saturated rings. The second kappa shape index (κ2) is 3.80. The van der Waals surface area contributed by atoms with Crippen LogP contribution in [0.5, 0.6) is 5.75 Å². The number of rotatable bonds is 4. The lowest BCUT2D eigenvalue weighted by Gasteiger charge is -2.12. The Balaban J connectivity index is 1.85. The van der Waals surface area contributed by atoms with E-state index in [2.05, 4.69) is 0 Å². The van der Waals surface area contributed by atoms with Crippen LogP contribution >= 0.6 is 0 Å². The lowest BCUT2D eigenvalue weighted by Crippen LogP contribution is -2.14. The van der Waals surface area contributed by atoms with Gasteiger partial charge >= 0.3 is 0 Å². The predicted molar refractivity (Wildman–Crippen MR) is 54.2 cm³/mol. The van der Waals surface area contributed by atoms with Crippen molar-refractivity contribution < 1.29 is 13.5 Å². The van der Waals surface area contributed by atoms with Crippen molar-refractivity contribution in [1.82, 2.24) is 0 Å². The van der Waals surface area contributed by atoms with Gasteiger partial charge in [0.15, 0.2) is 0 Å². The van der Waals surface area contributed by atoms with Crippen LogP contribution in [0.15, 0.2) is 30.3 Å². The summed E-state index contributed by atoms with van der Waals surface area (Å²) >= 11 is 0. The van der Waals surface area contributed by atoms with Crippen molar-refractivity contribution >= 4 is 0 Å². The third kappa shape index (κ3) is 2.28. The molecule has 1 aromatic rings. The van der Waals surface area contributed by atoms with Crippen LogP contribution in [0.1, 0.15) is 13.3 Å². The minimum Gasteiger partial charge on any atom is -0.493 e. The summed E-state index contributed by atoms with van der Waals surface area (Å²) in [6, 6.07) is 9.31. The third-order valence-electron chi connectivity index (χ3n) is 3.04. The highest BCUT2D eigenvalue weighted by molar-refractivity contribution is 5.21. The molecule has 2 atom stereocenters. The minimum absolute atomic E-state index is 0.329. The summed E-state index contributed by atoms with van der Waals surface area (Å²) in [6.45, 7) is 2.23. The van der Waals surface area contributed by atoms with Crippen molar-refractivity contribution in [1.29, 1.82) is 0 Å². The minimum atomic E-state index is -2.21. The maximum absolute atomic E-state index is 12.4. The third-order valence-corrected chi connectivity index (χ3v) is 3.04. The standard InChI is InChI=1S/C12H14F2O/c1-12(7-10(12)11(13)14)8-15-9-5-3-2-4-6-9/h2-6,10-11H,7-8H2,1H3. The number of hydrogen-bond acceptors (Lipinski definition) is 1. The topological polar surface area (TPSA) is 9.23 Å². The first-order valence-electron chi connectivity index (χ1n) is 5.08. The van der Waals surface area contributed by atoms with E-state index in [1.54, 1.807) is 0 Å². The predicted octanol–water partition coefficient (Wildman–Crippen LogP) is 3.36. The van der Waals surface area contributed by atoms with Crippen molar-refractivity contribution in [3.63, 3.8) is 0 Å². The highest BCUT2D eigenvalue weighted by atomic mass is 19.3. The van der Waals surface area contributed by atoms with E-state index < -0.39 is 12.3 Å². The van der Waals surface area contributed by atoms with E-state index in [0.29, 0.717) is 13.0 Å². The smallest absolute Gasteiger partial charge is 0.242 e. The Labute approximate surface area is 88.1 Å². The number of halogens is 2. The largest absolute Gasteiger partial charge is 0.493 e. The first-order valence-corrected chi connectivity index (χ1v) is 5.08. The zero-order valence-corrected chi connectivity index (χ0v) is 8.62. The quantitative estimate of drug-likeness (QED) is 0.743. The second-order valence-electron chi connectivity index (χ2n) is 4.40. The highest BCUT2D eigenvalue weighted by Gasteiger charge is 2.55. The second-order valence-corrected chi connectivity index (χ2v) is 4.40. The van der Waals surface area contributed by atoms with Gasteiger partial charge in [-0.2, -0.15) is 0 Å². The monoisotopic (exact) mass is 212 g/mol. The first kappa shape index (κ1) is 10.4. The molecule has 0 heterocycles. The summed E-state index contributed by atoms with van der Waals surface area (Å²) < 4.78 is 30.3. The molecule has 82 valence electrons. The van der Waals surface area contributed by atoms with Crippen molar-refractivity contribution in [2.45, 2.75) is 19.8 Å². The van der Waals surface area contributed by atoms with E-state index >= 15 is 0 Å². The van der Waals surface area contributed by atoms with Crippen molar-refractivity contribution in [3.05, 3.63) is 30.3 Å². The Morgan fingerprint density at radius 3 is 2.60 bits per heavy atom.